The monoisotopic (exact) mass is 262 g/mol. The molecule has 2 rings (SSSR count). The standard InChI is InChI=1S/C15H22N2O2/c1-19-15(18)7-8-17-10-13(9-14(16)11-17)12-5-3-2-4-6-12/h2-6,13-14H,7-11,16H2,1H3. The second kappa shape index (κ2) is 6.68. The minimum atomic E-state index is -0.157. The number of likely N-dealkylation sites (tertiary alicyclic amines) is 1. The summed E-state index contributed by atoms with van der Waals surface area (Å²) in [6.07, 6.45) is 1.45. The third-order valence-corrected chi connectivity index (χ3v) is 3.69. The van der Waals surface area contributed by atoms with Crippen molar-refractivity contribution in [1.82, 2.24) is 4.90 Å². The highest BCUT2D eigenvalue weighted by Gasteiger charge is 2.26. The molecule has 104 valence electrons. The summed E-state index contributed by atoms with van der Waals surface area (Å²) in [5.74, 6) is 0.304. The van der Waals surface area contributed by atoms with Crippen molar-refractivity contribution in [2.75, 3.05) is 26.7 Å². The van der Waals surface area contributed by atoms with E-state index in [4.69, 9.17) is 5.73 Å². The molecule has 0 spiro atoms. The number of benzene rings is 1. The van der Waals surface area contributed by atoms with Crippen molar-refractivity contribution in [2.24, 2.45) is 5.73 Å². The Labute approximate surface area is 114 Å². The molecular weight excluding hydrogens is 240 g/mol. The maximum atomic E-state index is 11.2. The van der Waals surface area contributed by atoms with Crippen molar-refractivity contribution >= 4 is 5.97 Å². The highest BCUT2D eigenvalue weighted by atomic mass is 16.5. The van der Waals surface area contributed by atoms with Gasteiger partial charge >= 0.3 is 5.97 Å². The van der Waals surface area contributed by atoms with Gasteiger partial charge in [-0.1, -0.05) is 30.3 Å². The summed E-state index contributed by atoms with van der Waals surface area (Å²) >= 11 is 0. The summed E-state index contributed by atoms with van der Waals surface area (Å²) in [5.41, 5.74) is 7.47. The lowest BCUT2D eigenvalue weighted by Gasteiger charge is -2.36. The predicted molar refractivity (Wildman–Crippen MR) is 74.8 cm³/mol. The zero-order valence-electron chi connectivity index (χ0n) is 11.4. The van der Waals surface area contributed by atoms with Gasteiger partial charge in [-0.3, -0.25) is 4.79 Å². The number of nitrogens with two attached hydrogens (primary N) is 1. The lowest BCUT2D eigenvalue weighted by molar-refractivity contribution is -0.141. The topological polar surface area (TPSA) is 55.6 Å². The van der Waals surface area contributed by atoms with Crippen molar-refractivity contribution < 1.29 is 9.53 Å². The molecule has 1 aromatic carbocycles. The molecule has 0 saturated carbocycles. The van der Waals surface area contributed by atoms with E-state index in [0.29, 0.717) is 12.3 Å². The van der Waals surface area contributed by atoms with Gasteiger partial charge in [-0.05, 0) is 17.9 Å². The average molecular weight is 262 g/mol. The molecule has 2 atom stereocenters. The molecule has 1 heterocycles. The van der Waals surface area contributed by atoms with Crippen LogP contribution in [0.25, 0.3) is 0 Å². The van der Waals surface area contributed by atoms with E-state index >= 15 is 0 Å². The van der Waals surface area contributed by atoms with E-state index in [1.807, 2.05) is 6.07 Å². The SMILES string of the molecule is COC(=O)CCN1CC(N)CC(c2ccccc2)C1. The summed E-state index contributed by atoms with van der Waals surface area (Å²) in [5, 5.41) is 0. The van der Waals surface area contributed by atoms with Crippen molar-refractivity contribution in [3.63, 3.8) is 0 Å². The molecule has 0 radical (unpaired) electrons. The van der Waals surface area contributed by atoms with E-state index in [-0.39, 0.29) is 12.0 Å². The van der Waals surface area contributed by atoms with Crippen molar-refractivity contribution in [2.45, 2.75) is 24.8 Å². The fourth-order valence-corrected chi connectivity index (χ4v) is 2.73. The van der Waals surface area contributed by atoms with E-state index < -0.39 is 0 Å². The highest BCUT2D eigenvalue weighted by Crippen LogP contribution is 2.26. The first-order valence-corrected chi connectivity index (χ1v) is 6.78. The number of nitrogens with zero attached hydrogens (tertiary/aromatic N) is 1. The van der Waals surface area contributed by atoms with Crippen LogP contribution in [0.4, 0.5) is 0 Å². The number of esters is 1. The molecule has 1 saturated heterocycles. The molecule has 1 aliphatic heterocycles. The van der Waals surface area contributed by atoms with Gasteiger partial charge in [0.2, 0.25) is 0 Å². The molecule has 1 aliphatic rings. The Bertz CT molecular complexity index is 408. The van der Waals surface area contributed by atoms with Gasteiger partial charge < -0.3 is 15.4 Å². The number of carbonyl (C=O) groups excluding carboxylic acids is 1. The van der Waals surface area contributed by atoms with Crippen LogP contribution in [0.2, 0.25) is 0 Å². The van der Waals surface area contributed by atoms with Gasteiger partial charge in [0, 0.05) is 25.7 Å². The molecule has 2 N–H and O–H groups in total. The Balaban J connectivity index is 1.94. The average Bonchev–Trinajstić information content (AvgIpc) is 2.45. The van der Waals surface area contributed by atoms with Gasteiger partial charge in [-0.15, -0.1) is 0 Å². The fraction of sp³-hybridized carbons (Fsp3) is 0.533. The fourth-order valence-electron chi connectivity index (χ4n) is 2.73. The van der Waals surface area contributed by atoms with Crippen LogP contribution in [-0.2, 0) is 9.53 Å². The van der Waals surface area contributed by atoms with E-state index in [0.717, 1.165) is 26.1 Å². The molecule has 0 bridgehead atoms. The van der Waals surface area contributed by atoms with Crippen LogP contribution in [0, 0.1) is 0 Å². The number of piperidine rings is 1. The van der Waals surface area contributed by atoms with Crippen LogP contribution in [0.3, 0.4) is 0 Å². The molecule has 0 amide bonds. The van der Waals surface area contributed by atoms with Gasteiger partial charge in [0.1, 0.15) is 0 Å². The first kappa shape index (κ1) is 14.0. The maximum absolute atomic E-state index is 11.2. The normalized spacial score (nSPS) is 24.1. The van der Waals surface area contributed by atoms with Crippen LogP contribution in [-0.4, -0.2) is 43.7 Å². The smallest absolute Gasteiger partial charge is 0.306 e. The molecule has 4 heteroatoms. The van der Waals surface area contributed by atoms with Crippen molar-refractivity contribution in [3.05, 3.63) is 35.9 Å². The summed E-state index contributed by atoms with van der Waals surface area (Å²) < 4.78 is 4.68. The number of carbonyl (C=O) groups is 1. The molecule has 4 nitrogen and oxygen atoms in total. The Morgan fingerprint density at radius 2 is 2.11 bits per heavy atom. The third-order valence-electron chi connectivity index (χ3n) is 3.69. The molecular formula is C15H22N2O2. The van der Waals surface area contributed by atoms with Gasteiger partial charge in [0.25, 0.3) is 0 Å². The zero-order chi connectivity index (χ0) is 13.7. The molecule has 0 aromatic heterocycles. The van der Waals surface area contributed by atoms with Crippen LogP contribution in [0.1, 0.15) is 24.3 Å². The molecule has 2 unspecified atom stereocenters. The number of methoxy groups -OCH3 is 1. The van der Waals surface area contributed by atoms with E-state index in [9.17, 15) is 4.79 Å². The summed E-state index contributed by atoms with van der Waals surface area (Å²) in [6, 6.07) is 10.6. The maximum Gasteiger partial charge on any atom is 0.306 e. The van der Waals surface area contributed by atoms with Crippen LogP contribution < -0.4 is 5.73 Å². The number of ether oxygens (including phenoxy) is 1. The molecule has 1 fully saturated rings. The van der Waals surface area contributed by atoms with Gasteiger partial charge in [0.15, 0.2) is 0 Å². The highest BCUT2D eigenvalue weighted by molar-refractivity contribution is 5.69. The van der Waals surface area contributed by atoms with Crippen molar-refractivity contribution in [3.8, 4) is 0 Å². The summed E-state index contributed by atoms with van der Waals surface area (Å²) in [6.45, 7) is 2.55. The quantitative estimate of drug-likeness (QED) is 0.833. The van der Waals surface area contributed by atoms with E-state index in [1.54, 1.807) is 0 Å². The Morgan fingerprint density at radius 1 is 1.37 bits per heavy atom. The molecule has 19 heavy (non-hydrogen) atoms. The van der Waals surface area contributed by atoms with E-state index in [1.165, 1.54) is 12.7 Å². The number of hydrogen-bond acceptors (Lipinski definition) is 4. The molecule has 1 aromatic rings. The van der Waals surface area contributed by atoms with E-state index in [2.05, 4.69) is 33.9 Å². The largest absolute Gasteiger partial charge is 0.469 e. The zero-order valence-corrected chi connectivity index (χ0v) is 11.4. The summed E-state index contributed by atoms with van der Waals surface area (Å²) in [7, 11) is 1.43. The van der Waals surface area contributed by atoms with Crippen LogP contribution in [0.5, 0.6) is 0 Å². The molecule has 0 aliphatic carbocycles. The lowest BCUT2D eigenvalue weighted by atomic mass is 9.88. The predicted octanol–water partition coefficient (Wildman–Crippen LogP) is 1.37. The van der Waals surface area contributed by atoms with Crippen LogP contribution >= 0.6 is 0 Å². The Morgan fingerprint density at radius 3 is 2.79 bits per heavy atom. The minimum absolute atomic E-state index is 0.157. The van der Waals surface area contributed by atoms with Gasteiger partial charge in [-0.25, -0.2) is 0 Å². The Hall–Kier alpha value is -1.39. The summed E-state index contributed by atoms with van der Waals surface area (Å²) in [4.78, 5) is 13.5. The second-order valence-electron chi connectivity index (χ2n) is 5.19. The third kappa shape index (κ3) is 4.04. The Kier molecular flexibility index (Phi) is 4.93. The number of rotatable bonds is 4. The van der Waals surface area contributed by atoms with Crippen LogP contribution in [0.15, 0.2) is 30.3 Å². The second-order valence-corrected chi connectivity index (χ2v) is 5.19. The first-order chi connectivity index (χ1) is 9.19. The van der Waals surface area contributed by atoms with Gasteiger partial charge in [-0.2, -0.15) is 0 Å². The number of hydrogen-bond donors (Lipinski definition) is 1. The van der Waals surface area contributed by atoms with Crippen molar-refractivity contribution in [1.29, 1.82) is 0 Å². The lowest BCUT2D eigenvalue weighted by Crippen LogP contribution is -2.46. The van der Waals surface area contributed by atoms with Gasteiger partial charge in [0.05, 0.1) is 13.5 Å². The minimum Gasteiger partial charge on any atom is -0.469 e. The first-order valence-electron chi connectivity index (χ1n) is 6.78.